The molecule has 0 bridgehead atoms. The van der Waals surface area contributed by atoms with Crippen LogP contribution < -0.4 is 16.0 Å². The van der Waals surface area contributed by atoms with E-state index in [4.69, 9.17) is 15.7 Å². The van der Waals surface area contributed by atoms with Gasteiger partial charge in [0.15, 0.2) is 0 Å². The third-order valence-electron chi connectivity index (χ3n) is 4.34. The predicted octanol–water partition coefficient (Wildman–Crippen LogP) is 1.23. The fourth-order valence-electron chi connectivity index (χ4n) is 3.09. The van der Waals surface area contributed by atoms with E-state index >= 15 is 0 Å². The smallest absolute Gasteiger partial charge is 0.263 e. The molecule has 0 unspecified atom stereocenters. The molecule has 0 aromatic heterocycles. The molecular weight excluding hydrogens is 438 g/mol. The number of thioether (sulfide) groups is 1. The molecule has 1 aliphatic rings. The number of hydrogen-bond donors (Lipinski definition) is 3. The molecule has 29 heavy (non-hydrogen) atoms. The SMILES string of the molecule is CC#CCOc1ccc(S(=O)(=O)N2C[C@@H](CN)SC(C)(C)[C@@H]2C(=O)NO)cc1.Cl. The van der Waals surface area contributed by atoms with Gasteiger partial charge in [-0.05, 0) is 45.0 Å². The van der Waals surface area contributed by atoms with Gasteiger partial charge >= 0.3 is 0 Å². The van der Waals surface area contributed by atoms with Crippen LogP contribution in [0.3, 0.4) is 0 Å². The van der Waals surface area contributed by atoms with E-state index in [9.17, 15) is 13.2 Å². The molecule has 0 radical (unpaired) electrons. The van der Waals surface area contributed by atoms with Crippen molar-refractivity contribution in [1.29, 1.82) is 0 Å². The Kier molecular flexibility index (Phi) is 9.27. The van der Waals surface area contributed by atoms with E-state index in [0.717, 1.165) is 4.31 Å². The molecule has 0 spiro atoms. The predicted molar refractivity (Wildman–Crippen MR) is 115 cm³/mol. The topological polar surface area (TPSA) is 122 Å². The highest BCUT2D eigenvalue weighted by molar-refractivity contribution is 8.01. The number of benzene rings is 1. The van der Waals surface area contributed by atoms with E-state index in [1.165, 1.54) is 36.0 Å². The molecule has 1 heterocycles. The van der Waals surface area contributed by atoms with Crippen LogP contribution in [0.2, 0.25) is 0 Å². The lowest BCUT2D eigenvalue weighted by Gasteiger charge is -2.46. The minimum Gasteiger partial charge on any atom is -0.481 e. The Hall–Kier alpha value is -1.48. The van der Waals surface area contributed by atoms with Gasteiger partial charge < -0.3 is 10.5 Å². The van der Waals surface area contributed by atoms with E-state index in [1.54, 1.807) is 26.3 Å². The fraction of sp³-hybridized carbons (Fsp3) is 0.500. The lowest BCUT2D eigenvalue weighted by atomic mass is 10.0. The first-order valence-corrected chi connectivity index (χ1v) is 11.0. The lowest BCUT2D eigenvalue weighted by Crippen LogP contribution is -2.63. The fourth-order valence-corrected chi connectivity index (χ4v) is 6.56. The summed E-state index contributed by atoms with van der Waals surface area (Å²) in [5, 5.41) is 8.98. The Balaban J connectivity index is 0.00000420. The number of halogens is 1. The number of carbonyl (C=O) groups excluding carboxylic acids is 1. The van der Waals surface area contributed by atoms with E-state index in [-0.39, 0.29) is 42.2 Å². The highest BCUT2D eigenvalue weighted by atomic mass is 35.5. The van der Waals surface area contributed by atoms with Gasteiger partial charge in [0.25, 0.3) is 5.91 Å². The molecular formula is C18H26ClN3O5S2. The summed E-state index contributed by atoms with van der Waals surface area (Å²) in [6.07, 6.45) is 0. The third-order valence-corrected chi connectivity index (χ3v) is 7.69. The maximum Gasteiger partial charge on any atom is 0.263 e. The molecule has 2 atom stereocenters. The third kappa shape index (κ3) is 5.78. The van der Waals surface area contributed by atoms with Crippen LogP contribution >= 0.6 is 24.2 Å². The molecule has 0 saturated carbocycles. The van der Waals surface area contributed by atoms with Crippen molar-refractivity contribution in [2.24, 2.45) is 5.73 Å². The van der Waals surface area contributed by atoms with Crippen LogP contribution in [0.25, 0.3) is 0 Å². The second kappa shape index (κ2) is 10.5. The van der Waals surface area contributed by atoms with Crippen molar-refractivity contribution in [1.82, 2.24) is 9.79 Å². The number of nitrogens with zero attached hydrogens (tertiary/aromatic N) is 1. The molecule has 8 nitrogen and oxygen atoms in total. The maximum absolute atomic E-state index is 13.3. The van der Waals surface area contributed by atoms with Gasteiger partial charge in [-0.1, -0.05) is 5.92 Å². The van der Waals surface area contributed by atoms with E-state index in [2.05, 4.69) is 11.8 Å². The van der Waals surface area contributed by atoms with Crippen molar-refractivity contribution in [3.8, 4) is 17.6 Å². The standard InChI is InChI=1S/C18H25N3O5S2.ClH/c1-4-5-10-26-13-6-8-15(9-7-13)28(24,25)21-12-14(11-19)27-18(2,3)16(21)17(22)20-23;/h6-9,14,16,23H,10-12,19H2,1-3H3,(H,20,22);1H/t14-,16+;/m1./s1. The molecule has 1 fully saturated rings. The van der Waals surface area contributed by atoms with Gasteiger partial charge in [-0.25, -0.2) is 13.9 Å². The average molecular weight is 464 g/mol. The first-order valence-electron chi connectivity index (χ1n) is 8.63. The summed E-state index contributed by atoms with van der Waals surface area (Å²) < 4.78 is 32.3. The zero-order valence-electron chi connectivity index (χ0n) is 16.4. The molecule has 11 heteroatoms. The van der Waals surface area contributed by atoms with Gasteiger partial charge in [0.2, 0.25) is 10.0 Å². The largest absolute Gasteiger partial charge is 0.481 e. The molecule has 1 amide bonds. The Morgan fingerprint density at radius 1 is 1.41 bits per heavy atom. The minimum atomic E-state index is -4.01. The first kappa shape index (κ1) is 25.6. The number of hydroxylamine groups is 1. The number of hydrogen-bond acceptors (Lipinski definition) is 7. The summed E-state index contributed by atoms with van der Waals surface area (Å²) in [6, 6.07) is 4.82. The molecule has 2 rings (SSSR count). The Labute approximate surface area is 182 Å². The highest BCUT2D eigenvalue weighted by Gasteiger charge is 2.50. The van der Waals surface area contributed by atoms with Crippen molar-refractivity contribution < 1.29 is 23.2 Å². The van der Waals surface area contributed by atoms with Crippen molar-refractivity contribution in [2.45, 2.75) is 41.7 Å². The second-order valence-corrected chi connectivity index (χ2v) is 10.6. The van der Waals surface area contributed by atoms with Gasteiger partial charge in [-0.3, -0.25) is 10.0 Å². The van der Waals surface area contributed by atoms with Gasteiger partial charge in [0, 0.05) is 23.1 Å². The molecule has 162 valence electrons. The Morgan fingerprint density at radius 2 is 2.03 bits per heavy atom. The summed E-state index contributed by atoms with van der Waals surface area (Å²) in [7, 11) is -4.01. The molecule has 1 aliphatic heterocycles. The number of ether oxygens (including phenoxy) is 1. The van der Waals surface area contributed by atoms with Crippen molar-refractivity contribution in [2.75, 3.05) is 19.7 Å². The number of carbonyl (C=O) groups is 1. The Bertz CT molecular complexity index is 866. The lowest BCUT2D eigenvalue weighted by molar-refractivity contribution is -0.134. The molecule has 4 N–H and O–H groups in total. The Morgan fingerprint density at radius 3 is 2.55 bits per heavy atom. The number of sulfonamides is 1. The van der Waals surface area contributed by atoms with Gasteiger partial charge in [-0.15, -0.1) is 30.1 Å². The van der Waals surface area contributed by atoms with Crippen LogP contribution in [0.1, 0.15) is 20.8 Å². The van der Waals surface area contributed by atoms with Crippen molar-refractivity contribution in [3.05, 3.63) is 24.3 Å². The van der Waals surface area contributed by atoms with Crippen molar-refractivity contribution >= 4 is 40.1 Å². The molecule has 1 saturated heterocycles. The van der Waals surface area contributed by atoms with Crippen LogP contribution in [0, 0.1) is 11.8 Å². The normalized spacial score (nSPS) is 21.3. The van der Waals surface area contributed by atoms with Crippen molar-refractivity contribution in [3.63, 3.8) is 0 Å². The zero-order chi connectivity index (χ0) is 20.9. The summed E-state index contributed by atoms with van der Waals surface area (Å²) in [5.41, 5.74) is 7.37. The van der Waals surface area contributed by atoms with Gasteiger partial charge in [0.1, 0.15) is 18.4 Å². The van der Waals surface area contributed by atoms with Gasteiger partial charge in [0.05, 0.1) is 4.90 Å². The van der Waals surface area contributed by atoms with E-state index in [0.29, 0.717) is 5.75 Å². The van der Waals surface area contributed by atoms with E-state index < -0.39 is 26.7 Å². The number of amides is 1. The van der Waals surface area contributed by atoms with Crippen LogP contribution in [0.5, 0.6) is 5.75 Å². The van der Waals surface area contributed by atoms with Crippen LogP contribution in [0.15, 0.2) is 29.2 Å². The summed E-state index contributed by atoms with van der Waals surface area (Å²) >= 11 is 1.43. The number of nitrogens with one attached hydrogen (secondary N) is 1. The van der Waals surface area contributed by atoms with Crippen LogP contribution in [0.4, 0.5) is 0 Å². The van der Waals surface area contributed by atoms with Crippen LogP contribution in [-0.2, 0) is 14.8 Å². The van der Waals surface area contributed by atoms with Crippen LogP contribution in [-0.4, -0.2) is 59.6 Å². The van der Waals surface area contributed by atoms with Gasteiger partial charge in [-0.2, -0.15) is 4.31 Å². The quantitative estimate of drug-likeness (QED) is 0.329. The summed E-state index contributed by atoms with van der Waals surface area (Å²) in [4.78, 5) is 12.3. The molecule has 0 aliphatic carbocycles. The molecule has 1 aromatic carbocycles. The number of rotatable bonds is 6. The second-order valence-electron chi connectivity index (χ2n) is 6.72. The minimum absolute atomic E-state index is 0. The zero-order valence-corrected chi connectivity index (χ0v) is 18.9. The highest BCUT2D eigenvalue weighted by Crippen LogP contribution is 2.41. The summed E-state index contributed by atoms with van der Waals surface area (Å²) in [5.74, 6) is 5.17. The first-order chi connectivity index (χ1) is 13.2. The maximum atomic E-state index is 13.3. The number of nitrogens with two attached hydrogens (primary N) is 1. The summed E-state index contributed by atoms with van der Waals surface area (Å²) in [6.45, 7) is 5.75. The van der Waals surface area contributed by atoms with E-state index in [1.807, 2.05) is 0 Å². The monoisotopic (exact) mass is 463 g/mol. The molecule has 1 aromatic rings. The average Bonchev–Trinajstić information content (AvgIpc) is 2.66.